The molecule has 0 amide bonds. The van der Waals surface area contributed by atoms with Crippen LogP contribution in [0.1, 0.15) is 124 Å². The van der Waals surface area contributed by atoms with Gasteiger partial charge in [0.25, 0.3) is 0 Å². The molecule has 0 aliphatic heterocycles. The van der Waals surface area contributed by atoms with Crippen molar-refractivity contribution in [1.29, 1.82) is 0 Å². The monoisotopic (exact) mass is 612 g/mol. The van der Waals surface area contributed by atoms with E-state index in [9.17, 15) is 0 Å². The summed E-state index contributed by atoms with van der Waals surface area (Å²) in [4.78, 5) is 0. The lowest BCUT2D eigenvalue weighted by Gasteiger charge is -2.42. The van der Waals surface area contributed by atoms with E-state index in [0.717, 1.165) is 42.0 Å². The number of hydrogen-bond acceptors (Lipinski definition) is 2. The van der Waals surface area contributed by atoms with Gasteiger partial charge < -0.3 is 11.5 Å². The Morgan fingerprint density at radius 3 is 1.22 bits per heavy atom. The van der Waals surface area contributed by atoms with Crippen molar-refractivity contribution in [3.63, 3.8) is 0 Å². The van der Waals surface area contributed by atoms with Crippen LogP contribution in [-0.4, -0.2) is 0 Å². The van der Waals surface area contributed by atoms with Gasteiger partial charge in [-0.1, -0.05) is 138 Å². The smallest absolute Gasteiger partial charge is 0.0314 e. The van der Waals surface area contributed by atoms with Crippen LogP contribution in [0.3, 0.4) is 0 Å². The SMILES string of the molecule is CCCC[C@H]1CC[C@H](CCC2CCC(c3ccc(Cc4ccc(N)cc4)cc3)(c3ccc(Cc4ccc(N)cc4)cc3)CC2)CC1. The van der Waals surface area contributed by atoms with Crippen molar-refractivity contribution >= 4 is 11.4 Å². The normalized spacial score (nSPS) is 20.0. The minimum atomic E-state index is 0.0906. The van der Waals surface area contributed by atoms with Crippen molar-refractivity contribution in [3.8, 4) is 0 Å². The number of nitrogens with two attached hydrogens (primary N) is 2. The van der Waals surface area contributed by atoms with Crippen LogP contribution in [0.25, 0.3) is 0 Å². The molecule has 0 unspecified atom stereocenters. The van der Waals surface area contributed by atoms with Gasteiger partial charge in [-0.15, -0.1) is 0 Å². The molecular weight excluding hydrogens is 556 g/mol. The molecule has 2 saturated carbocycles. The van der Waals surface area contributed by atoms with Crippen molar-refractivity contribution < 1.29 is 0 Å². The van der Waals surface area contributed by atoms with E-state index in [4.69, 9.17) is 11.5 Å². The highest BCUT2D eigenvalue weighted by molar-refractivity contribution is 5.45. The standard InChI is InChI=1S/C44H56N2/c1-2-3-4-33-5-7-34(8-6-33)9-10-35-27-29-44(30-28-35,40-19-11-36(12-20-40)31-38-15-23-42(45)24-16-38)41-21-13-37(14-22-41)32-39-17-25-43(46)26-18-39/h11-26,33-35H,2-10,27-32,45-46H2,1H3/t33-,34-. The Balaban J connectivity index is 1.14. The number of benzene rings is 4. The molecule has 46 heavy (non-hydrogen) atoms. The summed E-state index contributed by atoms with van der Waals surface area (Å²) in [7, 11) is 0. The number of anilines is 2. The van der Waals surface area contributed by atoms with E-state index < -0.39 is 0 Å². The molecule has 0 aromatic heterocycles. The summed E-state index contributed by atoms with van der Waals surface area (Å²) in [5.41, 5.74) is 21.9. The molecule has 0 heterocycles. The van der Waals surface area contributed by atoms with Crippen LogP contribution in [0.15, 0.2) is 97.1 Å². The minimum Gasteiger partial charge on any atom is -0.399 e. The van der Waals surface area contributed by atoms with Crippen LogP contribution in [-0.2, 0) is 18.3 Å². The van der Waals surface area contributed by atoms with Crippen molar-refractivity contribution in [2.45, 2.75) is 109 Å². The number of nitrogen functional groups attached to an aromatic ring is 2. The van der Waals surface area contributed by atoms with E-state index in [1.54, 1.807) is 0 Å². The Morgan fingerprint density at radius 2 is 0.826 bits per heavy atom. The van der Waals surface area contributed by atoms with Gasteiger partial charge in [0.15, 0.2) is 0 Å². The van der Waals surface area contributed by atoms with Gasteiger partial charge in [0.2, 0.25) is 0 Å². The van der Waals surface area contributed by atoms with Gasteiger partial charge in [-0.05, 0) is 114 Å². The van der Waals surface area contributed by atoms with Crippen LogP contribution >= 0.6 is 0 Å². The third-order valence-electron chi connectivity index (χ3n) is 11.7. The topological polar surface area (TPSA) is 52.0 Å². The molecule has 0 saturated heterocycles. The van der Waals surface area contributed by atoms with Crippen LogP contribution in [0.2, 0.25) is 0 Å². The lowest BCUT2D eigenvalue weighted by atomic mass is 9.62. The van der Waals surface area contributed by atoms with Gasteiger partial charge in [-0.2, -0.15) is 0 Å². The van der Waals surface area contributed by atoms with Gasteiger partial charge in [-0.3, -0.25) is 0 Å². The Hall–Kier alpha value is -3.52. The van der Waals surface area contributed by atoms with E-state index in [1.165, 1.54) is 117 Å². The molecule has 2 nitrogen and oxygen atoms in total. The van der Waals surface area contributed by atoms with Gasteiger partial charge >= 0.3 is 0 Å². The summed E-state index contributed by atoms with van der Waals surface area (Å²) in [5, 5.41) is 0. The third-order valence-corrected chi connectivity index (χ3v) is 11.7. The second kappa shape index (κ2) is 15.4. The second-order valence-electron chi connectivity index (χ2n) is 14.9. The lowest BCUT2D eigenvalue weighted by Crippen LogP contribution is -2.33. The molecule has 2 aliphatic rings. The predicted octanol–water partition coefficient (Wildman–Crippen LogP) is 11.3. The first-order valence-corrected chi connectivity index (χ1v) is 18.4. The Kier molecular flexibility index (Phi) is 10.8. The quantitative estimate of drug-likeness (QED) is 0.156. The van der Waals surface area contributed by atoms with Crippen LogP contribution in [0.4, 0.5) is 11.4 Å². The summed E-state index contributed by atoms with van der Waals surface area (Å²) in [6.07, 6.45) is 20.1. The number of hydrogen-bond donors (Lipinski definition) is 2. The Bertz CT molecular complexity index is 1380. The number of rotatable bonds is 12. The molecule has 4 N–H and O–H groups in total. The molecule has 6 rings (SSSR count). The van der Waals surface area contributed by atoms with Gasteiger partial charge in [0.1, 0.15) is 0 Å². The minimum absolute atomic E-state index is 0.0906. The molecule has 2 fully saturated rings. The zero-order valence-corrected chi connectivity index (χ0v) is 28.2. The van der Waals surface area contributed by atoms with Crippen molar-refractivity contribution in [3.05, 3.63) is 130 Å². The van der Waals surface area contributed by atoms with Crippen molar-refractivity contribution in [2.24, 2.45) is 17.8 Å². The molecule has 0 bridgehead atoms. The zero-order chi connectivity index (χ0) is 31.8. The summed E-state index contributed by atoms with van der Waals surface area (Å²) < 4.78 is 0. The van der Waals surface area contributed by atoms with E-state index in [0.29, 0.717) is 0 Å². The molecule has 2 aliphatic carbocycles. The highest BCUT2D eigenvalue weighted by Crippen LogP contribution is 2.48. The van der Waals surface area contributed by atoms with Crippen LogP contribution in [0, 0.1) is 17.8 Å². The summed E-state index contributed by atoms with van der Waals surface area (Å²) >= 11 is 0. The molecule has 0 atom stereocenters. The molecule has 0 spiro atoms. The molecule has 242 valence electrons. The molecular formula is C44H56N2. The highest BCUT2D eigenvalue weighted by atomic mass is 14.5. The van der Waals surface area contributed by atoms with E-state index in [-0.39, 0.29) is 5.41 Å². The first-order chi connectivity index (χ1) is 22.5. The second-order valence-corrected chi connectivity index (χ2v) is 14.9. The van der Waals surface area contributed by atoms with Crippen molar-refractivity contribution in [1.82, 2.24) is 0 Å². The summed E-state index contributed by atoms with van der Waals surface area (Å²) in [5.74, 6) is 2.87. The molecule has 2 heteroatoms. The molecule has 4 aromatic rings. The first-order valence-electron chi connectivity index (χ1n) is 18.4. The summed E-state index contributed by atoms with van der Waals surface area (Å²) in [6, 6.07) is 35.8. The fourth-order valence-corrected chi connectivity index (χ4v) is 8.60. The zero-order valence-electron chi connectivity index (χ0n) is 28.2. The largest absolute Gasteiger partial charge is 0.399 e. The fourth-order valence-electron chi connectivity index (χ4n) is 8.60. The highest BCUT2D eigenvalue weighted by Gasteiger charge is 2.38. The van der Waals surface area contributed by atoms with Crippen LogP contribution in [0.5, 0.6) is 0 Å². The maximum atomic E-state index is 5.93. The van der Waals surface area contributed by atoms with Crippen LogP contribution < -0.4 is 11.5 Å². The average Bonchev–Trinajstić information content (AvgIpc) is 3.10. The van der Waals surface area contributed by atoms with Gasteiger partial charge in [-0.25, -0.2) is 0 Å². The Labute approximate surface area is 279 Å². The molecule has 0 radical (unpaired) electrons. The third kappa shape index (κ3) is 8.24. The summed E-state index contributed by atoms with van der Waals surface area (Å²) in [6.45, 7) is 2.33. The maximum Gasteiger partial charge on any atom is 0.0314 e. The van der Waals surface area contributed by atoms with Gasteiger partial charge in [0.05, 0.1) is 0 Å². The van der Waals surface area contributed by atoms with E-state index in [1.807, 2.05) is 24.3 Å². The fraction of sp³-hybridized carbons (Fsp3) is 0.455. The maximum absolute atomic E-state index is 5.93. The lowest BCUT2D eigenvalue weighted by molar-refractivity contribution is 0.209. The van der Waals surface area contributed by atoms with E-state index >= 15 is 0 Å². The average molecular weight is 613 g/mol. The van der Waals surface area contributed by atoms with Gasteiger partial charge in [0, 0.05) is 16.8 Å². The Morgan fingerprint density at radius 1 is 0.478 bits per heavy atom. The number of unbranched alkanes of at least 4 members (excludes halogenated alkanes) is 1. The molecule has 4 aromatic carbocycles. The van der Waals surface area contributed by atoms with Crippen molar-refractivity contribution in [2.75, 3.05) is 11.5 Å². The van der Waals surface area contributed by atoms with E-state index in [2.05, 4.69) is 79.7 Å². The predicted molar refractivity (Wildman–Crippen MR) is 197 cm³/mol. The first kappa shape index (κ1) is 32.4.